The third-order valence-corrected chi connectivity index (χ3v) is 4.03. The molecule has 0 spiro atoms. The number of aromatic nitrogens is 2. The smallest absolute Gasteiger partial charge is 0.242 e. The van der Waals surface area contributed by atoms with Gasteiger partial charge < -0.3 is 15.6 Å². The molecular weight excluding hydrogens is 292 g/mol. The zero-order chi connectivity index (χ0) is 17.0. The molecule has 3 N–H and O–H groups in total. The molecule has 0 saturated heterocycles. The minimum Gasteiger partial charge on any atom is -0.345 e. The molecule has 0 aliphatic heterocycles. The number of amides is 2. The summed E-state index contributed by atoms with van der Waals surface area (Å²) in [6.45, 7) is 7.21. The molecule has 2 amide bonds. The summed E-state index contributed by atoms with van der Waals surface area (Å²) < 4.78 is 0. The van der Waals surface area contributed by atoms with Crippen molar-refractivity contribution in [3.05, 3.63) is 30.1 Å². The first-order valence-corrected chi connectivity index (χ1v) is 7.94. The van der Waals surface area contributed by atoms with Gasteiger partial charge in [0.05, 0.1) is 17.1 Å². The molecule has 2 rings (SSSR count). The molecule has 6 heteroatoms. The van der Waals surface area contributed by atoms with E-state index in [2.05, 4.69) is 34.4 Å². The van der Waals surface area contributed by atoms with Crippen molar-refractivity contribution in [3.63, 3.8) is 0 Å². The number of hydrogen-bond donors (Lipinski definition) is 3. The molecular formula is C17H24N4O2. The number of H-pyrrole nitrogens is 1. The van der Waals surface area contributed by atoms with Crippen LogP contribution in [0.25, 0.3) is 11.0 Å². The normalized spacial score (nSPS) is 15.0. The molecule has 0 bridgehead atoms. The van der Waals surface area contributed by atoms with Gasteiger partial charge in [0.1, 0.15) is 11.9 Å². The number of carbonyl (C=O) groups is 2. The van der Waals surface area contributed by atoms with Crippen LogP contribution in [0.5, 0.6) is 0 Å². The van der Waals surface area contributed by atoms with E-state index in [0.717, 1.165) is 23.3 Å². The number of rotatable bonds is 6. The predicted octanol–water partition coefficient (Wildman–Crippen LogP) is 2.29. The van der Waals surface area contributed by atoms with Crippen LogP contribution < -0.4 is 10.6 Å². The number of benzene rings is 1. The van der Waals surface area contributed by atoms with Crippen molar-refractivity contribution in [1.82, 2.24) is 20.6 Å². The van der Waals surface area contributed by atoms with Gasteiger partial charge in [-0.3, -0.25) is 9.59 Å². The summed E-state index contributed by atoms with van der Waals surface area (Å²) in [6, 6.07) is 6.97. The van der Waals surface area contributed by atoms with Gasteiger partial charge in [0.15, 0.2) is 0 Å². The molecule has 3 atom stereocenters. The summed E-state index contributed by atoms with van der Waals surface area (Å²) in [5, 5.41) is 5.60. The largest absolute Gasteiger partial charge is 0.345 e. The molecule has 0 aliphatic rings. The van der Waals surface area contributed by atoms with Crippen molar-refractivity contribution >= 4 is 22.8 Å². The van der Waals surface area contributed by atoms with E-state index in [1.807, 2.05) is 24.3 Å². The molecule has 0 aliphatic carbocycles. The van der Waals surface area contributed by atoms with Gasteiger partial charge in [0, 0.05) is 6.92 Å². The fraction of sp³-hybridized carbons (Fsp3) is 0.471. The van der Waals surface area contributed by atoms with E-state index in [0.29, 0.717) is 0 Å². The number of fused-ring (bicyclic) bond motifs is 1. The Kier molecular flexibility index (Phi) is 5.36. The Bertz CT molecular complexity index is 662. The van der Waals surface area contributed by atoms with Crippen LogP contribution in [0, 0.1) is 5.92 Å². The molecule has 0 saturated carbocycles. The van der Waals surface area contributed by atoms with Gasteiger partial charge in [0.25, 0.3) is 0 Å². The predicted molar refractivity (Wildman–Crippen MR) is 89.7 cm³/mol. The van der Waals surface area contributed by atoms with Crippen molar-refractivity contribution in [3.8, 4) is 0 Å². The van der Waals surface area contributed by atoms with Gasteiger partial charge in [-0.05, 0) is 25.0 Å². The van der Waals surface area contributed by atoms with E-state index in [4.69, 9.17) is 0 Å². The Balaban J connectivity index is 2.23. The van der Waals surface area contributed by atoms with E-state index in [1.54, 1.807) is 6.92 Å². The number of nitrogens with one attached hydrogen (secondary N) is 3. The Hall–Kier alpha value is -2.37. The maximum Gasteiger partial charge on any atom is 0.242 e. The first-order valence-electron chi connectivity index (χ1n) is 7.94. The Morgan fingerprint density at radius 1 is 1.22 bits per heavy atom. The first kappa shape index (κ1) is 17.0. The highest BCUT2D eigenvalue weighted by Crippen LogP contribution is 2.24. The maximum absolute atomic E-state index is 12.3. The highest BCUT2D eigenvalue weighted by Gasteiger charge is 2.25. The van der Waals surface area contributed by atoms with Crippen molar-refractivity contribution in [2.24, 2.45) is 5.92 Å². The number of nitrogens with zero attached hydrogens (tertiary/aromatic N) is 1. The third kappa shape index (κ3) is 4.09. The SMILES string of the molecule is CCC(C)C(NC(=O)C(C)NC(C)=O)c1nc2ccccc2[nH]1. The fourth-order valence-corrected chi connectivity index (χ4v) is 2.48. The number of para-hydroxylation sites is 2. The van der Waals surface area contributed by atoms with Crippen molar-refractivity contribution in [2.45, 2.75) is 46.2 Å². The standard InChI is InChI=1S/C17H24N4O2/c1-5-10(2)15(21-17(23)11(3)18-12(4)22)16-19-13-8-6-7-9-14(13)20-16/h6-11,15H,5H2,1-4H3,(H,18,22)(H,19,20)(H,21,23). The summed E-state index contributed by atoms with van der Waals surface area (Å²) in [5.74, 6) is 0.510. The lowest BCUT2D eigenvalue weighted by Gasteiger charge is -2.24. The second-order valence-corrected chi connectivity index (χ2v) is 5.93. The minimum absolute atomic E-state index is 0.212. The second-order valence-electron chi connectivity index (χ2n) is 5.93. The minimum atomic E-state index is -0.580. The van der Waals surface area contributed by atoms with Crippen LogP contribution >= 0.6 is 0 Å². The lowest BCUT2D eigenvalue weighted by Crippen LogP contribution is -2.46. The number of hydrogen-bond acceptors (Lipinski definition) is 3. The molecule has 3 unspecified atom stereocenters. The molecule has 0 fully saturated rings. The van der Waals surface area contributed by atoms with Crippen LogP contribution in [0.4, 0.5) is 0 Å². The Morgan fingerprint density at radius 3 is 2.52 bits per heavy atom. The molecule has 23 heavy (non-hydrogen) atoms. The molecule has 0 radical (unpaired) electrons. The topological polar surface area (TPSA) is 86.9 Å². The average Bonchev–Trinajstić information content (AvgIpc) is 2.94. The first-order chi connectivity index (χ1) is 10.9. The van der Waals surface area contributed by atoms with Gasteiger partial charge >= 0.3 is 0 Å². The molecule has 1 heterocycles. The van der Waals surface area contributed by atoms with E-state index < -0.39 is 6.04 Å². The second kappa shape index (κ2) is 7.26. The van der Waals surface area contributed by atoms with Crippen LogP contribution in [-0.4, -0.2) is 27.8 Å². The Labute approximate surface area is 136 Å². The van der Waals surface area contributed by atoms with Gasteiger partial charge in [-0.25, -0.2) is 4.98 Å². The van der Waals surface area contributed by atoms with Crippen LogP contribution in [0.15, 0.2) is 24.3 Å². The summed E-state index contributed by atoms with van der Waals surface area (Å²) in [7, 11) is 0. The lowest BCUT2D eigenvalue weighted by molar-refractivity contribution is -0.128. The highest BCUT2D eigenvalue weighted by atomic mass is 16.2. The number of imidazole rings is 1. The van der Waals surface area contributed by atoms with Crippen LogP contribution in [0.3, 0.4) is 0 Å². The summed E-state index contributed by atoms with van der Waals surface area (Å²) in [5.41, 5.74) is 1.82. The summed E-state index contributed by atoms with van der Waals surface area (Å²) >= 11 is 0. The number of carbonyl (C=O) groups excluding carboxylic acids is 2. The van der Waals surface area contributed by atoms with Gasteiger partial charge in [0.2, 0.25) is 11.8 Å². The number of aromatic amines is 1. The summed E-state index contributed by atoms with van der Waals surface area (Å²) in [6.07, 6.45) is 0.899. The van der Waals surface area contributed by atoms with Gasteiger partial charge in [-0.15, -0.1) is 0 Å². The molecule has 2 aromatic rings. The fourth-order valence-electron chi connectivity index (χ4n) is 2.48. The zero-order valence-electron chi connectivity index (χ0n) is 14.0. The van der Waals surface area contributed by atoms with E-state index in [1.165, 1.54) is 6.92 Å². The van der Waals surface area contributed by atoms with Crippen LogP contribution in [0.2, 0.25) is 0 Å². The zero-order valence-corrected chi connectivity index (χ0v) is 14.0. The van der Waals surface area contributed by atoms with Gasteiger partial charge in [-0.1, -0.05) is 32.4 Å². The quantitative estimate of drug-likeness (QED) is 0.764. The third-order valence-electron chi connectivity index (χ3n) is 4.03. The van der Waals surface area contributed by atoms with Gasteiger partial charge in [-0.2, -0.15) is 0 Å². The van der Waals surface area contributed by atoms with Crippen LogP contribution in [-0.2, 0) is 9.59 Å². The average molecular weight is 316 g/mol. The molecule has 124 valence electrons. The monoisotopic (exact) mass is 316 g/mol. The van der Waals surface area contributed by atoms with E-state index >= 15 is 0 Å². The van der Waals surface area contributed by atoms with Crippen molar-refractivity contribution in [2.75, 3.05) is 0 Å². The highest BCUT2D eigenvalue weighted by molar-refractivity contribution is 5.86. The van der Waals surface area contributed by atoms with Crippen molar-refractivity contribution in [1.29, 1.82) is 0 Å². The van der Waals surface area contributed by atoms with Crippen molar-refractivity contribution < 1.29 is 9.59 Å². The van der Waals surface area contributed by atoms with E-state index in [-0.39, 0.29) is 23.8 Å². The molecule has 1 aromatic carbocycles. The molecule has 6 nitrogen and oxygen atoms in total. The van der Waals surface area contributed by atoms with E-state index in [9.17, 15) is 9.59 Å². The summed E-state index contributed by atoms with van der Waals surface area (Å²) in [4.78, 5) is 31.3. The lowest BCUT2D eigenvalue weighted by atomic mass is 9.98. The van der Waals surface area contributed by atoms with Crippen LogP contribution in [0.1, 0.15) is 46.0 Å². The maximum atomic E-state index is 12.3. The molecule has 1 aromatic heterocycles. The Morgan fingerprint density at radius 2 is 1.91 bits per heavy atom.